The number of hydrogen-bond donors (Lipinski definition) is 2. The second-order valence-corrected chi connectivity index (χ2v) is 7.03. The zero-order valence-corrected chi connectivity index (χ0v) is 12.7. The van der Waals surface area contributed by atoms with E-state index in [-0.39, 0.29) is 11.4 Å². The Bertz CT molecular complexity index is 579. The SMILES string of the molecule is CCOc1ccc(S(=O)(=O)NCC2(O)CCC2)cc1C. The minimum atomic E-state index is -3.59. The lowest BCUT2D eigenvalue weighted by atomic mass is 9.81. The van der Waals surface area contributed by atoms with Gasteiger partial charge in [0.25, 0.3) is 0 Å². The normalized spacial score (nSPS) is 17.6. The Morgan fingerprint density at radius 1 is 1.40 bits per heavy atom. The third-order valence-corrected chi connectivity index (χ3v) is 5.03. The first-order valence-electron chi connectivity index (χ1n) is 6.82. The number of ether oxygens (including phenoxy) is 1. The average Bonchev–Trinajstić information content (AvgIpc) is 2.37. The van der Waals surface area contributed by atoms with Crippen LogP contribution in [0, 0.1) is 6.92 Å². The molecule has 0 heterocycles. The van der Waals surface area contributed by atoms with E-state index >= 15 is 0 Å². The van der Waals surface area contributed by atoms with Gasteiger partial charge in [0, 0.05) is 6.54 Å². The van der Waals surface area contributed by atoms with Gasteiger partial charge in [0.1, 0.15) is 5.75 Å². The van der Waals surface area contributed by atoms with Crippen LogP contribution in [-0.4, -0.2) is 32.3 Å². The van der Waals surface area contributed by atoms with E-state index in [1.165, 1.54) is 6.07 Å². The van der Waals surface area contributed by atoms with Crippen molar-refractivity contribution in [3.63, 3.8) is 0 Å². The van der Waals surface area contributed by atoms with Gasteiger partial charge in [-0.05, 0) is 56.9 Å². The van der Waals surface area contributed by atoms with E-state index in [9.17, 15) is 13.5 Å². The van der Waals surface area contributed by atoms with Gasteiger partial charge in [-0.3, -0.25) is 0 Å². The van der Waals surface area contributed by atoms with Crippen LogP contribution in [0.1, 0.15) is 31.7 Å². The van der Waals surface area contributed by atoms with Gasteiger partial charge in [-0.1, -0.05) is 0 Å². The average molecular weight is 299 g/mol. The van der Waals surface area contributed by atoms with E-state index in [1.54, 1.807) is 12.1 Å². The molecule has 2 N–H and O–H groups in total. The summed E-state index contributed by atoms with van der Waals surface area (Å²) in [6.45, 7) is 4.30. The molecular formula is C14H21NO4S. The Morgan fingerprint density at radius 3 is 2.60 bits per heavy atom. The van der Waals surface area contributed by atoms with E-state index in [0.717, 1.165) is 12.0 Å². The first-order chi connectivity index (χ1) is 9.36. The van der Waals surface area contributed by atoms with Crippen LogP contribution in [0.25, 0.3) is 0 Å². The molecule has 0 aromatic heterocycles. The third-order valence-electron chi connectivity index (χ3n) is 3.63. The quantitative estimate of drug-likeness (QED) is 0.836. The summed E-state index contributed by atoms with van der Waals surface area (Å²) in [5.74, 6) is 0.684. The lowest BCUT2D eigenvalue weighted by Gasteiger charge is -2.36. The Hall–Kier alpha value is -1.11. The van der Waals surface area contributed by atoms with Gasteiger partial charge in [0.15, 0.2) is 0 Å². The highest BCUT2D eigenvalue weighted by Crippen LogP contribution is 2.31. The summed E-state index contributed by atoms with van der Waals surface area (Å²) in [5.41, 5.74) is -0.0926. The van der Waals surface area contributed by atoms with Gasteiger partial charge in [0.05, 0.1) is 17.1 Å². The van der Waals surface area contributed by atoms with Gasteiger partial charge in [-0.2, -0.15) is 0 Å². The molecule has 0 atom stereocenters. The number of aryl methyl sites for hydroxylation is 1. The summed E-state index contributed by atoms with van der Waals surface area (Å²) in [6, 6.07) is 4.76. The molecule has 5 nitrogen and oxygen atoms in total. The second-order valence-electron chi connectivity index (χ2n) is 5.26. The van der Waals surface area contributed by atoms with E-state index in [0.29, 0.717) is 25.2 Å². The molecule has 0 unspecified atom stereocenters. The smallest absolute Gasteiger partial charge is 0.240 e. The third kappa shape index (κ3) is 3.31. The largest absolute Gasteiger partial charge is 0.494 e. The summed E-state index contributed by atoms with van der Waals surface area (Å²) >= 11 is 0. The Labute approximate surface area is 120 Å². The maximum Gasteiger partial charge on any atom is 0.240 e. The molecule has 1 aromatic rings. The number of hydrogen-bond acceptors (Lipinski definition) is 4. The number of nitrogens with one attached hydrogen (secondary N) is 1. The van der Waals surface area contributed by atoms with E-state index in [2.05, 4.69) is 4.72 Å². The molecule has 2 rings (SSSR count). The molecule has 0 amide bonds. The van der Waals surface area contributed by atoms with Crippen LogP contribution in [0.3, 0.4) is 0 Å². The summed E-state index contributed by atoms with van der Waals surface area (Å²) < 4.78 is 32.2. The van der Waals surface area contributed by atoms with Crippen molar-refractivity contribution in [1.82, 2.24) is 4.72 Å². The molecule has 0 aliphatic heterocycles. The summed E-state index contributed by atoms with van der Waals surface area (Å²) in [7, 11) is -3.59. The Balaban J connectivity index is 2.10. The summed E-state index contributed by atoms with van der Waals surface area (Å²) in [5, 5.41) is 9.94. The predicted molar refractivity (Wildman–Crippen MR) is 76.3 cm³/mol. The topological polar surface area (TPSA) is 75.6 Å². The zero-order valence-electron chi connectivity index (χ0n) is 11.8. The monoisotopic (exact) mass is 299 g/mol. The van der Waals surface area contributed by atoms with Crippen LogP contribution < -0.4 is 9.46 Å². The van der Waals surface area contributed by atoms with Crippen molar-refractivity contribution in [3.05, 3.63) is 23.8 Å². The van der Waals surface area contributed by atoms with Crippen molar-refractivity contribution < 1.29 is 18.3 Å². The number of rotatable bonds is 6. The lowest BCUT2D eigenvalue weighted by Crippen LogP contribution is -2.47. The number of benzene rings is 1. The van der Waals surface area contributed by atoms with Crippen molar-refractivity contribution in [1.29, 1.82) is 0 Å². The van der Waals surface area contributed by atoms with Crippen molar-refractivity contribution in [2.24, 2.45) is 0 Å². The fraction of sp³-hybridized carbons (Fsp3) is 0.571. The molecule has 1 aromatic carbocycles. The highest BCUT2D eigenvalue weighted by molar-refractivity contribution is 7.89. The van der Waals surface area contributed by atoms with Crippen molar-refractivity contribution in [3.8, 4) is 5.75 Å². The van der Waals surface area contributed by atoms with Crippen LogP contribution in [-0.2, 0) is 10.0 Å². The molecule has 0 bridgehead atoms. The molecule has 1 aliphatic rings. The molecule has 112 valence electrons. The van der Waals surface area contributed by atoms with Gasteiger partial charge in [0.2, 0.25) is 10.0 Å². The fourth-order valence-corrected chi connectivity index (χ4v) is 3.39. The van der Waals surface area contributed by atoms with Crippen LogP contribution in [0.15, 0.2) is 23.1 Å². The molecule has 0 spiro atoms. The lowest BCUT2D eigenvalue weighted by molar-refractivity contribution is -0.0270. The van der Waals surface area contributed by atoms with E-state index < -0.39 is 15.6 Å². The summed E-state index contributed by atoms with van der Waals surface area (Å²) in [4.78, 5) is 0.196. The van der Waals surface area contributed by atoms with Gasteiger partial charge in [-0.25, -0.2) is 13.1 Å². The highest BCUT2D eigenvalue weighted by Gasteiger charge is 2.35. The maximum atomic E-state index is 12.2. The maximum absolute atomic E-state index is 12.2. The predicted octanol–water partition coefficient (Wildman–Crippen LogP) is 1.59. The molecule has 20 heavy (non-hydrogen) atoms. The Morgan fingerprint density at radius 2 is 2.10 bits per heavy atom. The standard InChI is InChI=1S/C14H21NO4S/c1-3-19-13-6-5-12(9-11(13)2)20(17,18)15-10-14(16)7-4-8-14/h5-6,9,15-16H,3-4,7-8,10H2,1-2H3. The van der Waals surface area contributed by atoms with Crippen LogP contribution >= 0.6 is 0 Å². The minimum absolute atomic E-state index is 0.0710. The molecule has 0 saturated heterocycles. The molecule has 1 fully saturated rings. The second kappa shape index (κ2) is 5.71. The van der Waals surface area contributed by atoms with Crippen LogP contribution in [0.5, 0.6) is 5.75 Å². The number of sulfonamides is 1. The van der Waals surface area contributed by atoms with Crippen molar-refractivity contribution in [2.45, 2.75) is 43.6 Å². The minimum Gasteiger partial charge on any atom is -0.494 e. The van der Waals surface area contributed by atoms with E-state index in [1.807, 2.05) is 13.8 Å². The van der Waals surface area contributed by atoms with Gasteiger partial charge in [-0.15, -0.1) is 0 Å². The first kappa shape index (κ1) is 15.3. The van der Waals surface area contributed by atoms with Gasteiger partial charge < -0.3 is 9.84 Å². The fourth-order valence-electron chi connectivity index (χ4n) is 2.18. The van der Waals surface area contributed by atoms with E-state index in [4.69, 9.17) is 4.74 Å². The molecular weight excluding hydrogens is 278 g/mol. The molecule has 1 aliphatic carbocycles. The highest BCUT2D eigenvalue weighted by atomic mass is 32.2. The van der Waals surface area contributed by atoms with Crippen LogP contribution in [0.2, 0.25) is 0 Å². The molecule has 0 radical (unpaired) electrons. The van der Waals surface area contributed by atoms with Crippen LogP contribution in [0.4, 0.5) is 0 Å². The number of aliphatic hydroxyl groups is 1. The van der Waals surface area contributed by atoms with Crippen molar-refractivity contribution >= 4 is 10.0 Å². The van der Waals surface area contributed by atoms with Crippen molar-refractivity contribution in [2.75, 3.05) is 13.2 Å². The summed E-state index contributed by atoms with van der Waals surface area (Å²) in [6.07, 6.45) is 2.25. The molecule has 1 saturated carbocycles. The Kier molecular flexibility index (Phi) is 4.36. The van der Waals surface area contributed by atoms with Gasteiger partial charge >= 0.3 is 0 Å². The zero-order chi connectivity index (χ0) is 14.8. The molecule has 6 heteroatoms. The first-order valence-corrected chi connectivity index (χ1v) is 8.30.